The molecule has 2 aromatic carbocycles. The number of halogens is 2. The lowest BCUT2D eigenvalue weighted by Crippen LogP contribution is -2.48. The van der Waals surface area contributed by atoms with Crippen LogP contribution in [-0.2, 0) is 10.2 Å². The first-order valence-corrected chi connectivity index (χ1v) is 11.6. The Labute approximate surface area is 179 Å². The van der Waals surface area contributed by atoms with Crippen molar-refractivity contribution in [1.29, 1.82) is 0 Å². The number of likely N-dealkylation sites (tertiary alicyclic amines) is 1. The smallest absolute Gasteiger partial charge is 0.230 e. The molecule has 0 spiro atoms. The van der Waals surface area contributed by atoms with Gasteiger partial charge in [-0.2, -0.15) is 0 Å². The molecule has 2 unspecified atom stereocenters. The van der Waals surface area contributed by atoms with Crippen LogP contribution < -0.4 is 5.32 Å². The molecule has 1 N–H and O–H groups in total. The highest BCUT2D eigenvalue weighted by atomic mass is 79.9. The third-order valence-corrected chi connectivity index (χ3v) is 7.62. The lowest BCUT2D eigenvalue weighted by atomic mass is 9.74. The second-order valence-electron chi connectivity index (χ2n) is 8.41. The number of nitrogens with one attached hydrogen (secondary N) is 1. The maximum absolute atomic E-state index is 11.7. The van der Waals surface area contributed by atoms with Gasteiger partial charge in [0, 0.05) is 42.0 Å². The Morgan fingerprint density at radius 2 is 1.89 bits per heavy atom. The zero-order valence-electron chi connectivity index (χ0n) is 15.8. The van der Waals surface area contributed by atoms with Crippen LogP contribution in [0.4, 0.5) is 0 Å². The van der Waals surface area contributed by atoms with Crippen molar-refractivity contribution in [3.05, 3.63) is 69.7 Å². The third kappa shape index (κ3) is 2.92. The summed E-state index contributed by atoms with van der Waals surface area (Å²) < 4.78 is 0. The number of alkyl halides is 1. The first kappa shape index (κ1) is 18.7. The molecule has 2 bridgehead atoms. The van der Waals surface area contributed by atoms with Gasteiger partial charge in [0.2, 0.25) is 5.91 Å². The number of hydrogen-bond acceptors (Lipinski definition) is 2. The minimum Gasteiger partial charge on any atom is -0.353 e. The van der Waals surface area contributed by atoms with Crippen LogP contribution in [0.15, 0.2) is 42.5 Å². The van der Waals surface area contributed by atoms with E-state index in [4.69, 9.17) is 11.6 Å². The maximum atomic E-state index is 11.7. The molecule has 3 nitrogen and oxygen atoms in total. The first-order valence-electron chi connectivity index (χ1n) is 10.1. The average molecular weight is 460 g/mol. The molecule has 2 aliphatic carbocycles. The summed E-state index contributed by atoms with van der Waals surface area (Å²) in [5, 5.41) is 4.34. The summed E-state index contributed by atoms with van der Waals surface area (Å²) in [7, 11) is 0. The van der Waals surface area contributed by atoms with Gasteiger partial charge in [0.05, 0.1) is 5.33 Å². The van der Waals surface area contributed by atoms with Crippen molar-refractivity contribution in [1.82, 2.24) is 10.2 Å². The monoisotopic (exact) mass is 458 g/mol. The molecule has 0 saturated carbocycles. The van der Waals surface area contributed by atoms with Crippen LogP contribution in [0.5, 0.6) is 0 Å². The van der Waals surface area contributed by atoms with Crippen LogP contribution in [-0.4, -0.2) is 41.8 Å². The summed E-state index contributed by atoms with van der Waals surface area (Å²) in [6.07, 6.45) is 3.19. The number of amides is 1. The van der Waals surface area contributed by atoms with Crippen molar-refractivity contribution in [2.24, 2.45) is 0 Å². The largest absolute Gasteiger partial charge is 0.353 e. The molecule has 2 aromatic rings. The normalized spacial score (nSPS) is 26.1. The van der Waals surface area contributed by atoms with Crippen LogP contribution in [0.1, 0.15) is 47.4 Å². The fourth-order valence-corrected chi connectivity index (χ4v) is 6.04. The highest BCUT2D eigenvalue weighted by Gasteiger charge is 2.53. The summed E-state index contributed by atoms with van der Waals surface area (Å²) in [6, 6.07) is 15.7. The fraction of sp³-hybridized carbons (Fsp3) is 0.435. The Balaban J connectivity index is 1.41. The molecule has 5 rings (SSSR count). The molecule has 0 aromatic heterocycles. The zero-order valence-corrected chi connectivity index (χ0v) is 18.1. The molecule has 1 heterocycles. The van der Waals surface area contributed by atoms with E-state index in [2.05, 4.69) is 62.5 Å². The average Bonchev–Trinajstić information content (AvgIpc) is 3.21. The number of carbonyl (C=O) groups is 1. The van der Waals surface area contributed by atoms with E-state index < -0.39 is 0 Å². The van der Waals surface area contributed by atoms with E-state index >= 15 is 0 Å². The second kappa shape index (κ2) is 7.16. The summed E-state index contributed by atoms with van der Waals surface area (Å²) in [4.78, 5) is 14.3. The van der Waals surface area contributed by atoms with Gasteiger partial charge in [-0.3, -0.25) is 4.79 Å². The summed E-state index contributed by atoms with van der Waals surface area (Å²) >= 11 is 9.65. The Hall–Kier alpha value is -1.36. The molecule has 1 saturated heterocycles. The number of rotatable bonds is 4. The maximum Gasteiger partial charge on any atom is 0.230 e. The molecular formula is C23H24BrClN2O. The zero-order chi connectivity index (χ0) is 19.3. The minimum absolute atomic E-state index is 0.0490. The molecule has 146 valence electrons. The van der Waals surface area contributed by atoms with Crippen LogP contribution in [0.3, 0.4) is 0 Å². The molecule has 1 amide bonds. The first-order chi connectivity index (χ1) is 13.6. The molecule has 2 atom stereocenters. The summed E-state index contributed by atoms with van der Waals surface area (Å²) in [5.74, 6) is 0.586. The van der Waals surface area contributed by atoms with E-state index in [0.29, 0.717) is 17.3 Å². The molecular weight excluding hydrogens is 436 g/mol. The number of carbonyl (C=O) groups excluding carboxylic acids is 1. The van der Waals surface area contributed by atoms with Crippen LogP contribution in [0.2, 0.25) is 5.02 Å². The summed E-state index contributed by atoms with van der Waals surface area (Å²) in [5.41, 5.74) is 5.93. The SMILES string of the molecule is O=C(CBr)NC1CCN(CC23CC(c4ccccc42)c2ccc(Cl)cc23)CC1. The predicted molar refractivity (Wildman–Crippen MR) is 117 cm³/mol. The highest BCUT2D eigenvalue weighted by Crippen LogP contribution is 2.60. The Morgan fingerprint density at radius 1 is 1.14 bits per heavy atom. The van der Waals surface area contributed by atoms with Gasteiger partial charge in [0.15, 0.2) is 0 Å². The lowest BCUT2D eigenvalue weighted by Gasteiger charge is -2.40. The van der Waals surface area contributed by atoms with Gasteiger partial charge < -0.3 is 10.2 Å². The van der Waals surface area contributed by atoms with Gasteiger partial charge in [-0.15, -0.1) is 0 Å². The molecule has 28 heavy (non-hydrogen) atoms. The van der Waals surface area contributed by atoms with Gasteiger partial charge in [0.1, 0.15) is 0 Å². The van der Waals surface area contributed by atoms with E-state index in [-0.39, 0.29) is 11.3 Å². The topological polar surface area (TPSA) is 32.3 Å². The van der Waals surface area contributed by atoms with Crippen molar-refractivity contribution in [2.75, 3.05) is 25.0 Å². The number of fused-ring (bicyclic) bond motifs is 8. The van der Waals surface area contributed by atoms with Crippen LogP contribution >= 0.6 is 27.5 Å². The van der Waals surface area contributed by atoms with E-state index in [1.807, 2.05) is 6.07 Å². The predicted octanol–water partition coefficient (Wildman–Crippen LogP) is 4.45. The second-order valence-corrected chi connectivity index (χ2v) is 9.41. The fourth-order valence-electron chi connectivity index (χ4n) is 5.70. The van der Waals surface area contributed by atoms with Gasteiger partial charge in [-0.1, -0.05) is 57.9 Å². The van der Waals surface area contributed by atoms with E-state index in [0.717, 1.165) is 43.9 Å². The van der Waals surface area contributed by atoms with Crippen molar-refractivity contribution in [2.45, 2.75) is 36.6 Å². The Bertz CT molecular complexity index is 925. The number of nitrogens with zero attached hydrogens (tertiary/aromatic N) is 1. The van der Waals surface area contributed by atoms with Gasteiger partial charge in [0.25, 0.3) is 0 Å². The molecule has 1 aliphatic heterocycles. The number of hydrogen-bond donors (Lipinski definition) is 1. The number of benzene rings is 2. The lowest BCUT2D eigenvalue weighted by molar-refractivity contribution is -0.119. The highest BCUT2D eigenvalue weighted by molar-refractivity contribution is 9.09. The quantitative estimate of drug-likeness (QED) is 0.685. The molecule has 1 fully saturated rings. The Kier molecular flexibility index (Phi) is 4.77. The molecule has 0 radical (unpaired) electrons. The standard InChI is InChI=1S/C23H24BrClN2O/c24-13-22(28)26-16-7-9-27(10-8-16)14-23-12-19(17-3-1-2-4-20(17)23)18-6-5-15(25)11-21(18)23/h1-6,11,16,19H,7-10,12-14H2,(H,26,28). The van der Waals surface area contributed by atoms with Crippen LogP contribution in [0, 0.1) is 0 Å². The van der Waals surface area contributed by atoms with Crippen molar-refractivity contribution < 1.29 is 4.79 Å². The molecule has 3 aliphatic rings. The van der Waals surface area contributed by atoms with Crippen molar-refractivity contribution in [3.63, 3.8) is 0 Å². The van der Waals surface area contributed by atoms with E-state index in [9.17, 15) is 4.79 Å². The van der Waals surface area contributed by atoms with Crippen LogP contribution in [0.25, 0.3) is 0 Å². The van der Waals surface area contributed by atoms with Crippen molar-refractivity contribution >= 4 is 33.4 Å². The van der Waals surface area contributed by atoms with Gasteiger partial charge >= 0.3 is 0 Å². The minimum atomic E-state index is 0.0490. The van der Waals surface area contributed by atoms with Gasteiger partial charge in [-0.05, 0) is 53.6 Å². The summed E-state index contributed by atoms with van der Waals surface area (Å²) in [6.45, 7) is 3.09. The van der Waals surface area contributed by atoms with Crippen molar-refractivity contribution in [3.8, 4) is 0 Å². The van der Waals surface area contributed by atoms with E-state index in [1.165, 1.54) is 22.3 Å². The number of piperidine rings is 1. The van der Waals surface area contributed by atoms with Gasteiger partial charge in [-0.25, -0.2) is 0 Å². The van der Waals surface area contributed by atoms with E-state index in [1.54, 1.807) is 0 Å². The third-order valence-electron chi connectivity index (χ3n) is 6.88. The molecule has 5 heteroatoms. The Morgan fingerprint density at radius 3 is 2.68 bits per heavy atom.